The van der Waals surface area contributed by atoms with E-state index < -0.39 is 5.91 Å². The van der Waals surface area contributed by atoms with E-state index in [0.717, 1.165) is 10.1 Å². The van der Waals surface area contributed by atoms with Crippen LogP contribution in [0.1, 0.15) is 32.7 Å². The topological polar surface area (TPSA) is 80.7 Å². The lowest BCUT2D eigenvalue weighted by atomic mass is 10.1. The van der Waals surface area contributed by atoms with Gasteiger partial charge in [-0.25, -0.2) is 9.97 Å². The van der Waals surface area contributed by atoms with Gasteiger partial charge in [0.15, 0.2) is 15.2 Å². The first-order valence-corrected chi connectivity index (χ1v) is 13.2. The third-order valence-corrected chi connectivity index (χ3v) is 7.89. The Morgan fingerprint density at radius 1 is 1.03 bits per heavy atom. The first kappa shape index (κ1) is 23.7. The fraction of sp³-hybridized carbons (Fsp3) is 0.174. The van der Waals surface area contributed by atoms with Gasteiger partial charge < -0.3 is 0 Å². The molecule has 0 aliphatic heterocycles. The second-order valence-corrected chi connectivity index (χ2v) is 10.7. The highest BCUT2D eigenvalue weighted by atomic mass is 35.5. The first-order valence-electron chi connectivity index (χ1n) is 10.0. The number of aryl methyl sites for hydroxylation is 2. The van der Waals surface area contributed by atoms with Gasteiger partial charge in [-0.3, -0.25) is 10.1 Å². The second kappa shape index (κ2) is 11.1. The minimum Gasteiger partial charge on any atom is -0.295 e. The molecule has 0 saturated heterocycles. The second-order valence-electron chi connectivity index (χ2n) is 7.17. The summed E-state index contributed by atoms with van der Waals surface area (Å²) < 4.78 is 0.772. The van der Waals surface area contributed by atoms with Gasteiger partial charge >= 0.3 is 0 Å². The van der Waals surface area contributed by atoms with E-state index in [9.17, 15) is 4.79 Å². The van der Waals surface area contributed by atoms with Crippen LogP contribution in [0, 0.1) is 13.8 Å². The zero-order valence-corrected chi connectivity index (χ0v) is 21.1. The number of benzene rings is 2. The van der Waals surface area contributed by atoms with Gasteiger partial charge in [0.25, 0.3) is 5.91 Å². The highest BCUT2D eigenvalue weighted by Crippen LogP contribution is 2.29. The summed E-state index contributed by atoms with van der Waals surface area (Å²) in [6, 6.07) is 16.5. The highest BCUT2D eigenvalue weighted by molar-refractivity contribution is 8.00. The van der Waals surface area contributed by atoms with Crippen molar-refractivity contribution in [3.8, 4) is 0 Å². The summed E-state index contributed by atoms with van der Waals surface area (Å²) in [5, 5.41) is 12.0. The van der Waals surface area contributed by atoms with E-state index >= 15 is 0 Å². The summed E-state index contributed by atoms with van der Waals surface area (Å²) in [5.74, 6) is 1.04. The van der Waals surface area contributed by atoms with Gasteiger partial charge in [0.2, 0.25) is 5.13 Å². The molecule has 0 fully saturated rings. The maximum atomic E-state index is 12.8. The molecule has 4 rings (SSSR count). The smallest absolute Gasteiger partial charge is 0.277 e. The fourth-order valence-corrected chi connectivity index (χ4v) is 5.57. The highest BCUT2D eigenvalue weighted by Gasteiger charge is 2.17. The lowest BCUT2D eigenvalue weighted by Crippen LogP contribution is -2.15. The molecule has 0 atom stereocenters. The van der Waals surface area contributed by atoms with Gasteiger partial charge in [-0.1, -0.05) is 101 Å². The number of hydrogen-bond acceptors (Lipinski definition) is 8. The molecular weight excluding hydrogens is 494 g/mol. The van der Waals surface area contributed by atoms with Crippen LogP contribution in [0.5, 0.6) is 0 Å². The average molecular weight is 514 g/mol. The van der Waals surface area contributed by atoms with E-state index in [1.807, 2.05) is 12.1 Å². The molecule has 0 spiro atoms. The van der Waals surface area contributed by atoms with Crippen LogP contribution >= 0.6 is 46.5 Å². The van der Waals surface area contributed by atoms with E-state index in [0.29, 0.717) is 16.0 Å². The van der Waals surface area contributed by atoms with Crippen molar-refractivity contribution >= 4 is 57.5 Å². The van der Waals surface area contributed by atoms with Crippen LogP contribution < -0.4 is 5.32 Å². The number of amides is 1. The molecular formula is C23H20ClN5OS3. The number of aromatic nitrogens is 4. The van der Waals surface area contributed by atoms with Crippen LogP contribution in [0.15, 0.2) is 64.2 Å². The number of rotatable bonds is 8. The Balaban J connectivity index is 1.37. The third kappa shape index (κ3) is 6.54. The van der Waals surface area contributed by atoms with E-state index in [1.165, 1.54) is 51.5 Å². The minimum atomic E-state index is -0.439. The SMILES string of the molecule is Cc1ccc(CSc2nnc(NC(=O)c3nc(SCc4ccccc4C)ncc3Cl)s2)cc1. The van der Waals surface area contributed by atoms with Crippen molar-refractivity contribution < 1.29 is 4.79 Å². The van der Waals surface area contributed by atoms with E-state index in [4.69, 9.17) is 11.6 Å². The van der Waals surface area contributed by atoms with Crippen molar-refractivity contribution in [3.63, 3.8) is 0 Å². The van der Waals surface area contributed by atoms with Crippen molar-refractivity contribution in [1.82, 2.24) is 20.2 Å². The first-order chi connectivity index (χ1) is 16.0. The van der Waals surface area contributed by atoms with Crippen LogP contribution in [0.3, 0.4) is 0 Å². The molecule has 2 aromatic carbocycles. The molecule has 1 amide bonds. The molecule has 10 heteroatoms. The standard InChI is InChI=1S/C23H20ClN5OS3/c1-14-7-9-16(10-8-14)12-32-23-29-28-22(33-23)27-20(30)19-18(24)11-25-21(26-19)31-13-17-6-4-3-5-15(17)2/h3-11H,12-13H2,1-2H3,(H,27,28,30). The zero-order chi connectivity index (χ0) is 23.2. The summed E-state index contributed by atoms with van der Waals surface area (Å²) in [7, 11) is 0. The minimum absolute atomic E-state index is 0.114. The zero-order valence-electron chi connectivity index (χ0n) is 17.9. The van der Waals surface area contributed by atoms with Gasteiger partial charge in [-0.05, 0) is 30.5 Å². The molecule has 168 valence electrons. The summed E-state index contributed by atoms with van der Waals surface area (Å²) in [6.07, 6.45) is 1.45. The maximum absolute atomic E-state index is 12.8. The van der Waals surface area contributed by atoms with Gasteiger partial charge in [-0.2, -0.15) is 0 Å². The van der Waals surface area contributed by atoms with Gasteiger partial charge in [-0.15, -0.1) is 10.2 Å². The lowest BCUT2D eigenvalue weighted by molar-refractivity contribution is 0.102. The van der Waals surface area contributed by atoms with E-state index in [2.05, 4.69) is 75.7 Å². The Morgan fingerprint density at radius 2 is 1.82 bits per heavy atom. The number of halogens is 1. The molecule has 1 N–H and O–H groups in total. The summed E-state index contributed by atoms with van der Waals surface area (Å²) in [5.41, 5.74) is 4.93. The Kier molecular flexibility index (Phi) is 7.97. The van der Waals surface area contributed by atoms with Crippen LogP contribution in [0.4, 0.5) is 5.13 Å². The van der Waals surface area contributed by atoms with Crippen molar-refractivity contribution in [2.45, 2.75) is 34.8 Å². The lowest BCUT2D eigenvalue weighted by Gasteiger charge is -2.07. The molecule has 0 bridgehead atoms. The van der Waals surface area contributed by atoms with Gasteiger partial charge in [0.1, 0.15) is 0 Å². The quantitative estimate of drug-likeness (QED) is 0.165. The number of carbonyl (C=O) groups is 1. The van der Waals surface area contributed by atoms with Crippen molar-refractivity contribution in [2.75, 3.05) is 5.32 Å². The molecule has 0 unspecified atom stereocenters. The van der Waals surface area contributed by atoms with E-state index in [-0.39, 0.29) is 10.7 Å². The summed E-state index contributed by atoms with van der Waals surface area (Å²) in [4.78, 5) is 21.4. The monoisotopic (exact) mass is 513 g/mol. The number of hydrogen-bond donors (Lipinski definition) is 1. The normalized spacial score (nSPS) is 10.9. The molecule has 2 heterocycles. The molecule has 33 heavy (non-hydrogen) atoms. The molecule has 0 aliphatic rings. The Morgan fingerprint density at radius 3 is 2.61 bits per heavy atom. The van der Waals surface area contributed by atoms with Crippen molar-refractivity contribution in [3.05, 3.63) is 87.7 Å². The predicted molar refractivity (Wildman–Crippen MR) is 136 cm³/mol. The number of nitrogens with zero attached hydrogens (tertiary/aromatic N) is 4. The van der Waals surface area contributed by atoms with Crippen LogP contribution in [0.25, 0.3) is 0 Å². The van der Waals surface area contributed by atoms with Gasteiger partial charge in [0.05, 0.1) is 11.2 Å². The van der Waals surface area contributed by atoms with Crippen molar-refractivity contribution in [2.24, 2.45) is 0 Å². The third-order valence-electron chi connectivity index (χ3n) is 4.66. The number of anilines is 1. The van der Waals surface area contributed by atoms with E-state index in [1.54, 1.807) is 11.8 Å². The largest absolute Gasteiger partial charge is 0.295 e. The van der Waals surface area contributed by atoms with Crippen molar-refractivity contribution in [1.29, 1.82) is 0 Å². The average Bonchev–Trinajstić information content (AvgIpc) is 3.26. The summed E-state index contributed by atoms with van der Waals surface area (Å²) >= 11 is 10.5. The molecule has 0 saturated carbocycles. The maximum Gasteiger partial charge on any atom is 0.277 e. The molecule has 2 aromatic heterocycles. The molecule has 0 aliphatic carbocycles. The molecule has 0 radical (unpaired) electrons. The number of nitrogens with one attached hydrogen (secondary N) is 1. The number of carbonyl (C=O) groups excluding carboxylic acids is 1. The van der Waals surface area contributed by atoms with Gasteiger partial charge in [0, 0.05) is 11.5 Å². The Bertz CT molecular complexity index is 1260. The fourth-order valence-electron chi connectivity index (χ4n) is 2.80. The van der Waals surface area contributed by atoms with Crippen LogP contribution in [0.2, 0.25) is 5.02 Å². The Labute approximate surface area is 209 Å². The Hall–Kier alpha value is -2.46. The van der Waals surface area contributed by atoms with Crippen LogP contribution in [-0.4, -0.2) is 26.1 Å². The summed E-state index contributed by atoms with van der Waals surface area (Å²) in [6.45, 7) is 4.12. The number of thioether (sulfide) groups is 2. The molecule has 4 aromatic rings. The van der Waals surface area contributed by atoms with Crippen LogP contribution in [-0.2, 0) is 11.5 Å². The molecule has 6 nitrogen and oxygen atoms in total. The predicted octanol–water partition coefficient (Wildman–Crippen LogP) is 6.44.